The lowest BCUT2D eigenvalue weighted by molar-refractivity contribution is -0.141. The molecule has 0 aromatic heterocycles. The van der Waals surface area contributed by atoms with Gasteiger partial charge in [0.25, 0.3) is 0 Å². The Bertz CT molecular complexity index is 331. The van der Waals surface area contributed by atoms with Crippen LogP contribution in [0.4, 0.5) is 4.79 Å². The highest BCUT2D eigenvalue weighted by Gasteiger charge is 2.60. The van der Waals surface area contributed by atoms with E-state index in [-0.39, 0.29) is 5.92 Å². The van der Waals surface area contributed by atoms with Gasteiger partial charge in [0.15, 0.2) is 0 Å². The van der Waals surface area contributed by atoms with Crippen LogP contribution in [0, 0.1) is 5.92 Å². The second kappa shape index (κ2) is 3.81. The number of ether oxygens (including phenoxy) is 1. The molecule has 2 unspecified atom stereocenters. The van der Waals surface area contributed by atoms with Gasteiger partial charge in [0.2, 0.25) is 0 Å². The maximum absolute atomic E-state index is 11.4. The van der Waals surface area contributed by atoms with E-state index in [1.807, 2.05) is 0 Å². The van der Waals surface area contributed by atoms with Crippen LogP contribution in [0.15, 0.2) is 12.7 Å². The molecule has 5 heteroatoms. The van der Waals surface area contributed by atoms with Crippen molar-refractivity contribution in [3.8, 4) is 0 Å². The van der Waals surface area contributed by atoms with Crippen molar-refractivity contribution in [1.82, 2.24) is 5.32 Å². The molecular weight excluding hydrogens is 210 g/mol. The lowest BCUT2D eigenvalue weighted by Gasteiger charge is -2.22. The normalized spacial score (nSPS) is 28.1. The predicted molar refractivity (Wildman–Crippen MR) is 58.0 cm³/mol. The highest BCUT2D eigenvalue weighted by molar-refractivity contribution is 5.88. The van der Waals surface area contributed by atoms with Crippen LogP contribution in [-0.4, -0.2) is 28.3 Å². The molecule has 1 aliphatic carbocycles. The third kappa shape index (κ3) is 2.53. The molecule has 1 fully saturated rings. The van der Waals surface area contributed by atoms with E-state index in [1.54, 1.807) is 20.8 Å². The Morgan fingerprint density at radius 3 is 2.44 bits per heavy atom. The fraction of sp³-hybridized carbons (Fsp3) is 0.636. The molecule has 0 aromatic rings. The number of hydrogen-bond donors (Lipinski definition) is 2. The molecule has 0 saturated heterocycles. The van der Waals surface area contributed by atoms with E-state index in [0.717, 1.165) is 0 Å². The van der Waals surface area contributed by atoms with Gasteiger partial charge < -0.3 is 15.2 Å². The van der Waals surface area contributed by atoms with Crippen molar-refractivity contribution >= 4 is 12.1 Å². The van der Waals surface area contributed by atoms with Gasteiger partial charge in [0, 0.05) is 5.92 Å². The number of hydrogen-bond acceptors (Lipinski definition) is 3. The fourth-order valence-corrected chi connectivity index (χ4v) is 1.50. The Balaban J connectivity index is 2.63. The third-order valence-corrected chi connectivity index (χ3v) is 2.40. The molecule has 16 heavy (non-hydrogen) atoms. The molecule has 0 aliphatic heterocycles. The minimum absolute atomic E-state index is 0.225. The van der Waals surface area contributed by atoms with Crippen LogP contribution < -0.4 is 5.32 Å². The van der Waals surface area contributed by atoms with Crippen molar-refractivity contribution in [2.24, 2.45) is 5.92 Å². The summed E-state index contributed by atoms with van der Waals surface area (Å²) >= 11 is 0. The number of carbonyl (C=O) groups is 2. The topological polar surface area (TPSA) is 75.6 Å². The number of aliphatic carboxylic acids is 1. The molecule has 0 spiro atoms. The van der Waals surface area contributed by atoms with Crippen molar-refractivity contribution in [3.05, 3.63) is 12.7 Å². The number of amides is 1. The summed E-state index contributed by atoms with van der Waals surface area (Å²) < 4.78 is 5.01. The Kier molecular flexibility index (Phi) is 2.99. The zero-order chi connectivity index (χ0) is 12.6. The number of alkyl carbamates (subject to hydrolysis) is 1. The Labute approximate surface area is 94.5 Å². The number of carboxylic acids is 1. The molecule has 0 bridgehead atoms. The summed E-state index contributed by atoms with van der Waals surface area (Å²) in [7, 11) is 0. The number of rotatable bonds is 3. The molecule has 2 atom stereocenters. The average molecular weight is 227 g/mol. The summed E-state index contributed by atoms with van der Waals surface area (Å²) in [5, 5.41) is 11.4. The molecule has 0 radical (unpaired) electrons. The van der Waals surface area contributed by atoms with Gasteiger partial charge in [-0.2, -0.15) is 0 Å². The summed E-state index contributed by atoms with van der Waals surface area (Å²) in [5.41, 5.74) is -1.85. The van der Waals surface area contributed by atoms with Crippen LogP contribution >= 0.6 is 0 Å². The monoisotopic (exact) mass is 227 g/mol. The van der Waals surface area contributed by atoms with Crippen LogP contribution in [0.3, 0.4) is 0 Å². The van der Waals surface area contributed by atoms with Crippen molar-refractivity contribution in [3.63, 3.8) is 0 Å². The van der Waals surface area contributed by atoms with Crippen LogP contribution in [0.1, 0.15) is 27.2 Å². The standard InChI is InChI=1S/C11H17NO4/c1-5-7-6-11(7,8(13)14)12-9(15)16-10(2,3)4/h5,7H,1,6H2,2-4H3,(H,12,15)(H,13,14). The molecule has 5 nitrogen and oxygen atoms in total. The molecular formula is C11H17NO4. The predicted octanol–water partition coefficient (Wildman–Crippen LogP) is 1.54. The van der Waals surface area contributed by atoms with Crippen molar-refractivity contribution in [2.75, 3.05) is 0 Å². The van der Waals surface area contributed by atoms with Gasteiger partial charge in [-0.1, -0.05) is 6.08 Å². The number of carboxylic acid groups (broad SMARTS) is 1. The summed E-state index contributed by atoms with van der Waals surface area (Å²) in [4.78, 5) is 22.5. The molecule has 2 N–H and O–H groups in total. The van der Waals surface area contributed by atoms with E-state index in [0.29, 0.717) is 6.42 Å². The second-order valence-electron chi connectivity index (χ2n) is 4.95. The van der Waals surface area contributed by atoms with Gasteiger partial charge in [-0.3, -0.25) is 0 Å². The van der Waals surface area contributed by atoms with Gasteiger partial charge in [-0.25, -0.2) is 9.59 Å². The zero-order valence-corrected chi connectivity index (χ0v) is 9.74. The summed E-state index contributed by atoms with van der Waals surface area (Å²) in [6.45, 7) is 8.69. The SMILES string of the molecule is C=CC1CC1(NC(=O)OC(C)(C)C)C(=O)O. The Hall–Kier alpha value is -1.52. The first kappa shape index (κ1) is 12.5. The quantitative estimate of drug-likeness (QED) is 0.717. The molecule has 1 aliphatic rings. The number of carbonyl (C=O) groups excluding carboxylic acids is 1. The highest BCUT2D eigenvalue weighted by atomic mass is 16.6. The molecule has 0 aromatic carbocycles. The minimum Gasteiger partial charge on any atom is -0.479 e. The lowest BCUT2D eigenvalue weighted by atomic mass is 10.2. The van der Waals surface area contributed by atoms with Crippen LogP contribution in [0.2, 0.25) is 0 Å². The van der Waals surface area contributed by atoms with Gasteiger partial charge in [-0.05, 0) is 27.2 Å². The van der Waals surface area contributed by atoms with Gasteiger partial charge in [-0.15, -0.1) is 6.58 Å². The van der Waals surface area contributed by atoms with E-state index in [9.17, 15) is 9.59 Å². The lowest BCUT2D eigenvalue weighted by Crippen LogP contribution is -2.46. The fourth-order valence-electron chi connectivity index (χ4n) is 1.50. The Morgan fingerprint density at radius 1 is 1.56 bits per heavy atom. The molecule has 1 rings (SSSR count). The first-order valence-electron chi connectivity index (χ1n) is 5.08. The van der Waals surface area contributed by atoms with Gasteiger partial charge in [0.05, 0.1) is 0 Å². The van der Waals surface area contributed by atoms with Crippen molar-refractivity contribution in [2.45, 2.75) is 38.3 Å². The largest absolute Gasteiger partial charge is 0.479 e. The van der Waals surface area contributed by atoms with Crippen LogP contribution in [-0.2, 0) is 9.53 Å². The van der Waals surface area contributed by atoms with E-state index in [4.69, 9.17) is 9.84 Å². The first-order chi connectivity index (χ1) is 7.21. The van der Waals surface area contributed by atoms with Gasteiger partial charge >= 0.3 is 12.1 Å². The molecule has 90 valence electrons. The van der Waals surface area contributed by atoms with E-state index in [2.05, 4.69) is 11.9 Å². The van der Waals surface area contributed by atoms with Crippen LogP contribution in [0.25, 0.3) is 0 Å². The zero-order valence-electron chi connectivity index (χ0n) is 9.74. The third-order valence-electron chi connectivity index (χ3n) is 2.40. The van der Waals surface area contributed by atoms with Crippen molar-refractivity contribution in [1.29, 1.82) is 0 Å². The first-order valence-corrected chi connectivity index (χ1v) is 5.08. The Morgan fingerprint density at radius 2 is 2.12 bits per heavy atom. The van der Waals surface area contributed by atoms with E-state index in [1.165, 1.54) is 6.08 Å². The second-order valence-corrected chi connectivity index (χ2v) is 4.95. The average Bonchev–Trinajstić information content (AvgIpc) is 2.76. The minimum atomic E-state index is -1.22. The summed E-state index contributed by atoms with van der Waals surface area (Å²) in [5.74, 6) is -1.28. The van der Waals surface area contributed by atoms with E-state index >= 15 is 0 Å². The maximum Gasteiger partial charge on any atom is 0.408 e. The maximum atomic E-state index is 11.4. The van der Waals surface area contributed by atoms with Crippen molar-refractivity contribution < 1.29 is 19.4 Å². The smallest absolute Gasteiger partial charge is 0.408 e. The molecule has 1 amide bonds. The van der Waals surface area contributed by atoms with Gasteiger partial charge in [0.1, 0.15) is 11.1 Å². The van der Waals surface area contributed by atoms with E-state index < -0.39 is 23.2 Å². The summed E-state index contributed by atoms with van der Waals surface area (Å²) in [6.07, 6.45) is 1.19. The molecule has 1 saturated carbocycles. The number of nitrogens with one attached hydrogen (secondary N) is 1. The highest BCUT2D eigenvalue weighted by Crippen LogP contribution is 2.44. The summed E-state index contributed by atoms with van der Waals surface area (Å²) in [6, 6.07) is 0. The molecule has 0 heterocycles. The van der Waals surface area contributed by atoms with Crippen LogP contribution in [0.5, 0.6) is 0 Å².